The predicted molar refractivity (Wildman–Crippen MR) is 101 cm³/mol. The Morgan fingerprint density at radius 1 is 1.21 bits per heavy atom. The lowest BCUT2D eigenvalue weighted by molar-refractivity contribution is -0.384. The molecule has 28 heavy (non-hydrogen) atoms. The van der Waals surface area contributed by atoms with Gasteiger partial charge < -0.3 is 14.2 Å². The molecule has 1 aliphatic heterocycles. The van der Waals surface area contributed by atoms with Gasteiger partial charge in [-0.05, 0) is 30.3 Å². The largest absolute Gasteiger partial charge is 0.484 e. The molecular weight excluding hydrogens is 386 g/mol. The molecule has 1 amide bonds. The standard InChI is InChI=1S/C18H13N3O6S/c22-17(8-25-13-4-2-12(3-5-13)21(23)24)20-18-19-14(9-28-18)11-1-6-15-16(7-11)27-10-26-15/h1-7,9H,8,10H2,(H,19,20,22). The van der Waals surface area contributed by atoms with Gasteiger partial charge in [0.1, 0.15) is 5.75 Å². The van der Waals surface area contributed by atoms with Gasteiger partial charge in [0.15, 0.2) is 23.2 Å². The Balaban J connectivity index is 1.34. The van der Waals surface area contributed by atoms with Crippen LogP contribution in [0.4, 0.5) is 10.8 Å². The summed E-state index contributed by atoms with van der Waals surface area (Å²) in [7, 11) is 0. The van der Waals surface area contributed by atoms with Crippen molar-refractivity contribution in [3.8, 4) is 28.5 Å². The molecule has 0 saturated carbocycles. The summed E-state index contributed by atoms with van der Waals surface area (Å²) < 4.78 is 16.0. The number of rotatable bonds is 6. The third kappa shape index (κ3) is 3.86. The molecule has 142 valence electrons. The van der Waals surface area contributed by atoms with Crippen LogP contribution in [0.15, 0.2) is 47.8 Å². The maximum Gasteiger partial charge on any atom is 0.269 e. The second kappa shape index (κ2) is 7.53. The molecule has 0 radical (unpaired) electrons. The first kappa shape index (κ1) is 17.7. The molecule has 0 fully saturated rings. The third-order valence-electron chi connectivity index (χ3n) is 3.84. The summed E-state index contributed by atoms with van der Waals surface area (Å²) in [5, 5.41) is 15.5. The number of nitrogens with one attached hydrogen (secondary N) is 1. The first-order chi connectivity index (χ1) is 13.6. The van der Waals surface area contributed by atoms with E-state index in [9.17, 15) is 14.9 Å². The lowest BCUT2D eigenvalue weighted by Gasteiger charge is -2.05. The Bertz CT molecular complexity index is 1030. The highest BCUT2D eigenvalue weighted by Gasteiger charge is 2.15. The van der Waals surface area contributed by atoms with E-state index in [0.29, 0.717) is 28.1 Å². The number of hydrogen-bond acceptors (Lipinski definition) is 8. The third-order valence-corrected chi connectivity index (χ3v) is 4.59. The molecule has 3 aromatic rings. The highest BCUT2D eigenvalue weighted by molar-refractivity contribution is 7.14. The van der Waals surface area contributed by atoms with Crippen LogP contribution in [-0.2, 0) is 4.79 Å². The maximum atomic E-state index is 12.0. The summed E-state index contributed by atoms with van der Waals surface area (Å²) in [6.45, 7) is -0.0390. The number of nitro benzene ring substituents is 1. The van der Waals surface area contributed by atoms with Gasteiger partial charge in [0, 0.05) is 23.1 Å². The first-order valence-electron chi connectivity index (χ1n) is 8.11. The Hall–Kier alpha value is -3.66. The van der Waals surface area contributed by atoms with E-state index in [4.69, 9.17) is 14.2 Å². The number of thiazole rings is 1. The smallest absolute Gasteiger partial charge is 0.269 e. The van der Waals surface area contributed by atoms with Crippen molar-refractivity contribution >= 4 is 28.1 Å². The van der Waals surface area contributed by atoms with Crippen LogP contribution < -0.4 is 19.5 Å². The number of anilines is 1. The van der Waals surface area contributed by atoms with E-state index >= 15 is 0 Å². The molecule has 2 heterocycles. The van der Waals surface area contributed by atoms with Crippen molar-refractivity contribution in [2.24, 2.45) is 0 Å². The number of amides is 1. The van der Waals surface area contributed by atoms with E-state index in [1.165, 1.54) is 35.6 Å². The van der Waals surface area contributed by atoms with Gasteiger partial charge in [-0.2, -0.15) is 0 Å². The van der Waals surface area contributed by atoms with Crippen LogP contribution in [0.2, 0.25) is 0 Å². The van der Waals surface area contributed by atoms with Gasteiger partial charge in [-0.25, -0.2) is 4.98 Å². The highest BCUT2D eigenvalue weighted by atomic mass is 32.1. The van der Waals surface area contributed by atoms with E-state index in [1.54, 1.807) is 0 Å². The number of aromatic nitrogens is 1. The molecule has 1 aliphatic rings. The zero-order chi connectivity index (χ0) is 19.5. The lowest BCUT2D eigenvalue weighted by atomic mass is 10.1. The molecule has 4 rings (SSSR count). The minimum atomic E-state index is -0.503. The van der Waals surface area contributed by atoms with Crippen molar-refractivity contribution in [3.63, 3.8) is 0 Å². The monoisotopic (exact) mass is 399 g/mol. The highest BCUT2D eigenvalue weighted by Crippen LogP contribution is 2.36. The van der Waals surface area contributed by atoms with E-state index in [-0.39, 0.29) is 25.0 Å². The van der Waals surface area contributed by atoms with Crippen LogP contribution in [0.5, 0.6) is 17.2 Å². The molecule has 10 heteroatoms. The summed E-state index contributed by atoms with van der Waals surface area (Å²) in [5.41, 5.74) is 1.51. The molecule has 0 unspecified atom stereocenters. The molecule has 1 N–H and O–H groups in total. The second-order valence-electron chi connectivity index (χ2n) is 5.69. The average molecular weight is 399 g/mol. The molecular formula is C18H13N3O6S. The van der Waals surface area contributed by atoms with Crippen molar-refractivity contribution in [2.75, 3.05) is 18.7 Å². The van der Waals surface area contributed by atoms with Gasteiger partial charge in [-0.1, -0.05) is 0 Å². The van der Waals surface area contributed by atoms with Gasteiger partial charge in [-0.15, -0.1) is 11.3 Å². The van der Waals surface area contributed by atoms with Crippen molar-refractivity contribution in [1.82, 2.24) is 4.98 Å². The van der Waals surface area contributed by atoms with Crippen molar-refractivity contribution in [2.45, 2.75) is 0 Å². The molecule has 0 saturated heterocycles. The lowest BCUT2D eigenvalue weighted by Crippen LogP contribution is -2.20. The molecule has 1 aromatic heterocycles. The van der Waals surface area contributed by atoms with Crippen LogP contribution in [0, 0.1) is 10.1 Å². The minimum Gasteiger partial charge on any atom is -0.484 e. The fraction of sp³-hybridized carbons (Fsp3) is 0.111. The van der Waals surface area contributed by atoms with Crippen LogP contribution >= 0.6 is 11.3 Å². The topological polar surface area (TPSA) is 113 Å². The van der Waals surface area contributed by atoms with Gasteiger partial charge in [-0.3, -0.25) is 20.2 Å². The zero-order valence-corrected chi connectivity index (χ0v) is 15.1. The van der Waals surface area contributed by atoms with Crippen LogP contribution in [0.1, 0.15) is 0 Å². The Morgan fingerprint density at radius 2 is 2.00 bits per heavy atom. The summed E-state index contributed by atoms with van der Waals surface area (Å²) in [4.78, 5) is 26.6. The number of fused-ring (bicyclic) bond motifs is 1. The Kier molecular flexibility index (Phi) is 4.77. The SMILES string of the molecule is O=C(COc1ccc([N+](=O)[O-])cc1)Nc1nc(-c2ccc3c(c2)OCO3)cs1. The number of nitro groups is 1. The van der Waals surface area contributed by atoms with Crippen molar-refractivity contribution in [1.29, 1.82) is 0 Å². The number of non-ortho nitro benzene ring substituents is 1. The summed E-state index contributed by atoms with van der Waals surface area (Å²) in [6, 6.07) is 11.0. The van der Waals surface area contributed by atoms with Gasteiger partial charge >= 0.3 is 0 Å². The van der Waals surface area contributed by atoms with E-state index in [1.807, 2.05) is 23.6 Å². The number of carbonyl (C=O) groups excluding carboxylic acids is 1. The van der Waals surface area contributed by atoms with Gasteiger partial charge in [0.25, 0.3) is 11.6 Å². The Labute approximate surface area is 162 Å². The van der Waals surface area contributed by atoms with E-state index < -0.39 is 4.92 Å². The fourth-order valence-corrected chi connectivity index (χ4v) is 3.22. The minimum absolute atomic E-state index is 0.0457. The van der Waals surface area contributed by atoms with Crippen LogP contribution in [-0.4, -0.2) is 29.2 Å². The van der Waals surface area contributed by atoms with Gasteiger partial charge in [0.05, 0.1) is 10.6 Å². The number of nitrogens with zero attached hydrogens (tertiary/aromatic N) is 2. The van der Waals surface area contributed by atoms with Gasteiger partial charge in [0.2, 0.25) is 6.79 Å². The van der Waals surface area contributed by atoms with Crippen molar-refractivity contribution in [3.05, 3.63) is 58.0 Å². The number of carbonyl (C=O) groups is 1. The predicted octanol–water partition coefficient (Wildman–Crippen LogP) is 3.46. The van der Waals surface area contributed by atoms with E-state index in [2.05, 4.69) is 10.3 Å². The Morgan fingerprint density at radius 3 is 2.79 bits per heavy atom. The molecule has 2 aromatic carbocycles. The summed E-state index contributed by atoms with van der Waals surface area (Å²) in [6.07, 6.45) is 0. The maximum absolute atomic E-state index is 12.0. The zero-order valence-electron chi connectivity index (χ0n) is 14.3. The number of ether oxygens (including phenoxy) is 3. The normalized spacial score (nSPS) is 11.9. The molecule has 0 spiro atoms. The molecule has 9 nitrogen and oxygen atoms in total. The number of hydrogen-bond donors (Lipinski definition) is 1. The fourth-order valence-electron chi connectivity index (χ4n) is 2.49. The molecule has 0 atom stereocenters. The molecule has 0 bridgehead atoms. The van der Waals surface area contributed by atoms with Crippen molar-refractivity contribution < 1.29 is 23.9 Å². The average Bonchev–Trinajstić information content (AvgIpc) is 3.35. The number of benzene rings is 2. The first-order valence-corrected chi connectivity index (χ1v) is 8.99. The second-order valence-corrected chi connectivity index (χ2v) is 6.55. The molecule has 0 aliphatic carbocycles. The van der Waals surface area contributed by atoms with Crippen LogP contribution in [0.25, 0.3) is 11.3 Å². The summed E-state index contributed by atoms with van der Waals surface area (Å²) >= 11 is 1.29. The summed E-state index contributed by atoms with van der Waals surface area (Å²) in [5.74, 6) is 1.33. The quantitative estimate of drug-likeness (QED) is 0.499. The van der Waals surface area contributed by atoms with E-state index in [0.717, 1.165) is 5.56 Å². The van der Waals surface area contributed by atoms with Crippen LogP contribution in [0.3, 0.4) is 0 Å².